The zero-order chi connectivity index (χ0) is 25.4. The molecule has 0 radical (unpaired) electrons. The maximum absolute atomic E-state index is 12.7. The van der Waals surface area contributed by atoms with Crippen molar-refractivity contribution in [3.63, 3.8) is 0 Å². The molecule has 190 valence electrons. The minimum Gasteiger partial charge on any atom is -0.355 e. The van der Waals surface area contributed by atoms with E-state index in [1.807, 2.05) is 41.9 Å². The lowest BCUT2D eigenvalue weighted by Crippen LogP contribution is -2.37. The van der Waals surface area contributed by atoms with Gasteiger partial charge < -0.3 is 19.8 Å². The zero-order valence-electron chi connectivity index (χ0n) is 21.3. The van der Waals surface area contributed by atoms with Crippen LogP contribution in [0, 0.1) is 0 Å². The number of nitrogens with one attached hydrogen (secondary N) is 2. The van der Waals surface area contributed by atoms with Crippen LogP contribution in [0.15, 0.2) is 65.7 Å². The monoisotopic (exact) mass is 496 g/mol. The van der Waals surface area contributed by atoms with Gasteiger partial charge in [-0.15, -0.1) is 0 Å². The Morgan fingerprint density at radius 3 is 2.62 bits per heavy atom. The van der Waals surface area contributed by atoms with Crippen molar-refractivity contribution in [1.29, 1.82) is 0 Å². The lowest BCUT2D eigenvalue weighted by atomic mass is 10.0. The highest BCUT2D eigenvalue weighted by Gasteiger charge is 2.26. The van der Waals surface area contributed by atoms with Gasteiger partial charge in [-0.1, -0.05) is 49.4 Å². The predicted molar refractivity (Wildman–Crippen MR) is 146 cm³/mol. The molecule has 1 fully saturated rings. The smallest absolute Gasteiger partial charge is 0.326 e. The van der Waals surface area contributed by atoms with Crippen molar-refractivity contribution in [2.24, 2.45) is 7.05 Å². The summed E-state index contributed by atoms with van der Waals surface area (Å²) in [5.41, 5.74) is 4.83. The average molecular weight is 497 g/mol. The van der Waals surface area contributed by atoms with E-state index in [0.717, 1.165) is 66.3 Å². The average Bonchev–Trinajstić information content (AvgIpc) is 3.44. The highest BCUT2D eigenvalue weighted by molar-refractivity contribution is 5.84. The fourth-order valence-corrected chi connectivity index (χ4v) is 5.49. The first kappa shape index (κ1) is 23.4. The van der Waals surface area contributed by atoms with Gasteiger partial charge in [0.15, 0.2) is 17.0 Å². The summed E-state index contributed by atoms with van der Waals surface area (Å²) >= 11 is 0. The normalized spacial score (nSPS) is 15.6. The molecule has 1 atom stereocenters. The van der Waals surface area contributed by atoms with Crippen LogP contribution in [0.3, 0.4) is 0 Å². The summed E-state index contributed by atoms with van der Waals surface area (Å²) < 4.78 is 3.97. The zero-order valence-corrected chi connectivity index (χ0v) is 21.3. The molecule has 1 aliphatic rings. The Bertz CT molecular complexity index is 1580. The number of rotatable bonds is 7. The molecule has 6 rings (SSSR count). The Hall–Kier alpha value is -3.98. The van der Waals surface area contributed by atoms with E-state index in [9.17, 15) is 4.79 Å². The number of H-pyrrole nitrogens is 1. The number of aromatic amines is 1. The quantitative estimate of drug-likeness (QED) is 0.356. The molecule has 5 aromatic rings. The molecule has 1 aliphatic heterocycles. The van der Waals surface area contributed by atoms with Gasteiger partial charge in [0.1, 0.15) is 12.2 Å². The Morgan fingerprint density at radius 1 is 1.05 bits per heavy atom. The van der Waals surface area contributed by atoms with E-state index in [4.69, 9.17) is 4.98 Å². The molecule has 0 saturated carbocycles. The Balaban J connectivity index is 1.16. The molecule has 0 bridgehead atoms. The molecule has 0 amide bonds. The number of aromatic nitrogens is 6. The molecule has 3 aromatic heterocycles. The van der Waals surface area contributed by atoms with Crippen molar-refractivity contribution in [1.82, 2.24) is 34.4 Å². The van der Waals surface area contributed by atoms with Crippen molar-refractivity contribution < 1.29 is 0 Å². The Morgan fingerprint density at radius 2 is 1.81 bits per heavy atom. The van der Waals surface area contributed by atoms with Gasteiger partial charge in [0.05, 0.1) is 17.6 Å². The van der Waals surface area contributed by atoms with Gasteiger partial charge in [0, 0.05) is 32.7 Å². The minimum atomic E-state index is -0.0347. The SMILES string of the molecule is CC(CNCc1nc2c(N3CCC(n4c(=O)[nH]c5ccccc54)CC3)ncnc2n1C)c1ccccc1. The van der Waals surface area contributed by atoms with Crippen LogP contribution in [-0.4, -0.2) is 48.7 Å². The number of anilines is 1. The number of benzene rings is 2. The molecule has 9 heteroatoms. The summed E-state index contributed by atoms with van der Waals surface area (Å²) in [5, 5.41) is 3.56. The fraction of sp³-hybridized carbons (Fsp3) is 0.357. The van der Waals surface area contributed by atoms with Crippen molar-refractivity contribution in [3.8, 4) is 0 Å². The topological polar surface area (TPSA) is 96.7 Å². The van der Waals surface area contributed by atoms with Gasteiger partial charge in [0.25, 0.3) is 0 Å². The van der Waals surface area contributed by atoms with Gasteiger partial charge in [-0.2, -0.15) is 0 Å². The molecule has 9 nitrogen and oxygen atoms in total. The first-order valence-corrected chi connectivity index (χ1v) is 13.0. The Labute approximate surface area is 215 Å². The number of hydrogen-bond acceptors (Lipinski definition) is 6. The van der Waals surface area contributed by atoms with E-state index in [-0.39, 0.29) is 11.7 Å². The van der Waals surface area contributed by atoms with E-state index >= 15 is 0 Å². The van der Waals surface area contributed by atoms with Gasteiger partial charge in [-0.25, -0.2) is 19.7 Å². The molecular weight excluding hydrogens is 464 g/mol. The van der Waals surface area contributed by atoms with Gasteiger partial charge in [-0.3, -0.25) is 4.57 Å². The third kappa shape index (κ3) is 4.40. The van der Waals surface area contributed by atoms with E-state index < -0.39 is 0 Å². The molecule has 0 aliphatic carbocycles. The van der Waals surface area contributed by atoms with Crippen LogP contribution in [0.5, 0.6) is 0 Å². The highest BCUT2D eigenvalue weighted by atomic mass is 16.1. The highest BCUT2D eigenvalue weighted by Crippen LogP contribution is 2.30. The van der Waals surface area contributed by atoms with Crippen LogP contribution in [0.2, 0.25) is 0 Å². The first-order chi connectivity index (χ1) is 18.1. The lowest BCUT2D eigenvalue weighted by Gasteiger charge is -2.33. The van der Waals surface area contributed by atoms with Gasteiger partial charge >= 0.3 is 5.69 Å². The van der Waals surface area contributed by atoms with Crippen molar-refractivity contribution in [2.45, 2.75) is 38.3 Å². The summed E-state index contributed by atoms with van der Waals surface area (Å²) in [6, 6.07) is 18.6. The van der Waals surface area contributed by atoms with Gasteiger partial charge in [-0.05, 0) is 36.5 Å². The molecule has 1 saturated heterocycles. The summed E-state index contributed by atoms with van der Waals surface area (Å²) in [5.74, 6) is 2.23. The van der Waals surface area contributed by atoms with Crippen LogP contribution in [-0.2, 0) is 13.6 Å². The van der Waals surface area contributed by atoms with Crippen LogP contribution >= 0.6 is 0 Å². The van der Waals surface area contributed by atoms with Crippen molar-refractivity contribution in [3.05, 3.63) is 82.8 Å². The summed E-state index contributed by atoms with van der Waals surface area (Å²) in [6.45, 7) is 5.37. The second kappa shape index (κ2) is 9.82. The number of hydrogen-bond donors (Lipinski definition) is 2. The minimum absolute atomic E-state index is 0.0347. The van der Waals surface area contributed by atoms with Crippen LogP contribution < -0.4 is 15.9 Å². The number of nitrogens with zero attached hydrogens (tertiary/aromatic N) is 6. The molecule has 0 spiro atoms. The Kier molecular flexibility index (Phi) is 6.21. The molecular formula is C28H32N8O. The molecule has 37 heavy (non-hydrogen) atoms. The third-order valence-electron chi connectivity index (χ3n) is 7.58. The summed E-state index contributed by atoms with van der Waals surface area (Å²) in [6.07, 6.45) is 3.36. The van der Waals surface area contributed by atoms with Crippen molar-refractivity contribution in [2.75, 3.05) is 24.5 Å². The molecule has 1 unspecified atom stereocenters. The molecule has 2 aromatic carbocycles. The second-order valence-electron chi connectivity index (χ2n) is 9.93. The maximum Gasteiger partial charge on any atom is 0.326 e. The molecule has 4 heterocycles. The maximum atomic E-state index is 12.7. The summed E-state index contributed by atoms with van der Waals surface area (Å²) in [4.78, 5) is 32.1. The molecule has 2 N–H and O–H groups in total. The number of aryl methyl sites for hydroxylation is 1. The number of fused-ring (bicyclic) bond motifs is 2. The van der Waals surface area contributed by atoms with Crippen LogP contribution in [0.25, 0.3) is 22.2 Å². The van der Waals surface area contributed by atoms with Crippen LogP contribution in [0.1, 0.15) is 43.1 Å². The number of para-hydroxylation sites is 2. The third-order valence-corrected chi connectivity index (χ3v) is 7.58. The van der Waals surface area contributed by atoms with Crippen molar-refractivity contribution >= 4 is 28.0 Å². The number of imidazole rings is 2. The van der Waals surface area contributed by atoms with E-state index in [1.165, 1.54) is 5.56 Å². The fourth-order valence-electron chi connectivity index (χ4n) is 5.49. The second-order valence-corrected chi connectivity index (χ2v) is 9.93. The van der Waals surface area contributed by atoms with Gasteiger partial charge in [0.2, 0.25) is 0 Å². The summed E-state index contributed by atoms with van der Waals surface area (Å²) in [7, 11) is 2.01. The van der Waals surface area contributed by atoms with E-state index in [0.29, 0.717) is 12.5 Å². The first-order valence-electron chi connectivity index (χ1n) is 13.0. The van der Waals surface area contributed by atoms with E-state index in [2.05, 4.69) is 60.9 Å². The largest absolute Gasteiger partial charge is 0.355 e. The van der Waals surface area contributed by atoms with E-state index in [1.54, 1.807) is 6.33 Å². The standard InChI is InChI=1S/C28H32N8O/c1-19(20-8-4-3-5-9-20)16-29-17-24-33-25-26(34(24)2)30-18-31-27(25)35-14-12-21(13-15-35)36-23-11-7-6-10-22(23)32-28(36)37/h3-11,18-19,21,29H,12-17H2,1-2H3,(H,32,37). The number of piperidine rings is 1. The lowest BCUT2D eigenvalue weighted by molar-refractivity contribution is 0.395. The predicted octanol–water partition coefficient (Wildman–Crippen LogP) is 3.74. The van der Waals surface area contributed by atoms with Crippen LogP contribution in [0.4, 0.5) is 5.82 Å².